The van der Waals surface area contributed by atoms with Gasteiger partial charge in [0.05, 0.1) is 6.61 Å². The highest BCUT2D eigenvalue weighted by atomic mass is 16.5. The summed E-state index contributed by atoms with van der Waals surface area (Å²) in [6, 6.07) is 2.49. The molecule has 22 heavy (non-hydrogen) atoms. The molecule has 0 aliphatic carbocycles. The number of hydrogen-bond donors (Lipinski definition) is 1. The van der Waals surface area contributed by atoms with Crippen molar-refractivity contribution >= 4 is 5.69 Å². The van der Waals surface area contributed by atoms with Gasteiger partial charge in [0.25, 0.3) is 0 Å². The molecule has 3 heteroatoms. The van der Waals surface area contributed by atoms with E-state index in [4.69, 9.17) is 4.74 Å². The van der Waals surface area contributed by atoms with Gasteiger partial charge in [0.2, 0.25) is 0 Å². The Kier molecular flexibility index (Phi) is 6.71. The molecule has 1 aromatic carbocycles. The van der Waals surface area contributed by atoms with Gasteiger partial charge in [0.15, 0.2) is 0 Å². The molecule has 2 heterocycles. The van der Waals surface area contributed by atoms with Crippen LogP contribution in [0.3, 0.4) is 0 Å². The molecule has 0 radical (unpaired) electrons. The number of methoxy groups -OCH3 is 1. The number of ether oxygens (including phenoxy) is 1. The van der Waals surface area contributed by atoms with E-state index in [2.05, 4.69) is 23.2 Å². The zero-order valence-corrected chi connectivity index (χ0v) is 14.8. The summed E-state index contributed by atoms with van der Waals surface area (Å²) < 4.78 is 5.28. The lowest BCUT2D eigenvalue weighted by Crippen LogP contribution is -2.33. The molecule has 1 aromatic rings. The van der Waals surface area contributed by atoms with Crippen LogP contribution in [0, 0.1) is 6.92 Å². The van der Waals surface area contributed by atoms with E-state index in [9.17, 15) is 0 Å². The molecule has 0 amide bonds. The molecule has 0 unspecified atom stereocenters. The molecule has 3 nitrogen and oxygen atoms in total. The molecule has 0 bridgehead atoms. The molecule has 0 fully saturated rings. The number of hydrogen-bond acceptors (Lipinski definition) is 3. The summed E-state index contributed by atoms with van der Waals surface area (Å²) in [7, 11) is 1.79. The van der Waals surface area contributed by atoms with Gasteiger partial charge in [-0.15, -0.1) is 0 Å². The molecule has 0 aromatic heterocycles. The topological polar surface area (TPSA) is 24.5 Å². The largest absolute Gasteiger partial charge is 0.383 e. The van der Waals surface area contributed by atoms with E-state index in [-0.39, 0.29) is 0 Å². The van der Waals surface area contributed by atoms with E-state index in [0.717, 1.165) is 26.2 Å². The van der Waals surface area contributed by atoms with Crippen LogP contribution in [0.15, 0.2) is 6.07 Å². The van der Waals surface area contributed by atoms with Crippen molar-refractivity contribution in [2.45, 2.75) is 46.5 Å². The van der Waals surface area contributed by atoms with Gasteiger partial charge < -0.3 is 15.0 Å². The third-order valence-electron chi connectivity index (χ3n) is 4.73. The van der Waals surface area contributed by atoms with Gasteiger partial charge in [-0.25, -0.2) is 0 Å². The van der Waals surface area contributed by atoms with Crippen LogP contribution in [0.25, 0.3) is 0 Å². The molecule has 2 aliphatic rings. The van der Waals surface area contributed by atoms with E-state index in [1.165, 1.54) is 43.5 Å². The normalized spacial score (nSPS) is 17.0. The molecule has 124 valence electrons. The fourth-order valence-corrected chi connectivity index (χ4v) is 3.75. The highest BCUT2D eigenvalue weighted by Crippen LogP contribution is 2.35. The Morgan fingerprint density at radius 2 is 1.91 bits per heavy atom. The van der Waals surface area contributed by atoms with Crippen LogP contribution in [-0.2, 0) is 24.0 Å². The summed E-state index contributed by atoms with van der Waals surface area (Å²) in [5.74, 6) is 0. The van der Waals surface area contributed by atoms with Crippen molar-refractivity contribution in [1.82, 2.24) is 5.32 Å². The molecular weight excluding hydrogens is 272 g/mol. The molecule has 0 saturated carbocycles. The van der Waals surface area contributed by atoms with Gasteiger partial charge in [-0.3, -0.25) is 0 Å². The summed E-state index contributed by atoms with van der Waals surface area (Å²) in [6.45, 7) is 11.6. The number of aryl methyl sites for hydroxylation is 1. The third kappa shape index (κ3) is 3.64. The lowest BCUT2D eigenvalue weighted by Gasteiger charge is -2.34. The fraction of sp³-hybridized carbons (Fsp3) is 0.684. The first-order valence-electron chi connectivity index (χ1n) is 8.90. The zero-order valence-electron chi connectivity index (χ0n) is 14.8. The summed E-state index contributed by atoms with van der Waals surface area (Å²) in [5, 5.41) is 3.52. The number of anilines is 1. The Morgan fingerprint density at radius 1 is 1.14 bits per heavy atom. The van der Waals surface area contributed by atoms with Crippen LogP contribution in [-0.4, -0.2) is 39.9 Å². The van der Waals surface area contributed by atoms with Crippen LogP contribution in [0.2, 0.25) is 0 Å². The van der Waals surface area contributed by atoms with E-state index in [0.29, 0.717) is 0 Å². The predicted molar refractivity (Wildman–Crippen MR) is 95.2 cm³/mol. The highest BCUT2D eigenvalue weighted by molar-refractivity contribution is 5.65. The maximum absolute atomic E-state index is 5.28. The second-order valence-electron chi connectivity index (χ2n) is 5.98. The van der Waals surface area contributed by atoms with Gasteiger partial charge in [-0.05, 0) is 68.0 Å². The first-order chi connectivity index (χ1) is 10.8. The monoisotopic (exact) mass is 304 g/mol. The Morgan fingerprint density at radius 3 is 2.68 bits per heavy atom. The molecule has 1 N–H and O–H groups in total. The smallest absolute Gasteiger partial charge is 0.0637 e. The van der Waals surface area contributed by atoms with E-state index < -0.39 is 0 Å². The summed E-state index contributed by atoms with van der Waals surface area (Å²) in [6.07, 6.45) is 4.86. The van der Waals surface area contributed by atoms with Crippen molar-refractivity contribution in [3.05, 3.63) is 28.3 Å². The lowest BCUT2D eigenvalue weighted by molar-refractivity contribution is 0.205. The highest BCUT2D eigenvalue weighted by Gasteiger charge is 2.23. The summed E-state index contributed by atoms with van der Waals surface area (Å²) >= 11 is 0. The predicted octanol–water partition coefficient (Wildman–Crippen LogP) is 3.11. The Balaban J connectivity index is 0.000000847. The number of fused-ring (bicyclic) bond motifs is 2. The minimum absolute atomic E-state index is 0.817. The first-order valence-corrected chi connectivity index (χ1v) is 8.90. The average Bonchev–Trinajstić information content (AvgIpc) is 2.80. The minimum Gasteiger partial charge on any atom is -0.383 e. The SMILES string of the molecule is CC.COCCN1CCCc2cc3c(c(C)c21)CCNCC3. The van der Waals surface area contributed by atoms with Crippen molar-refractivity contribution in [3.63, 3.8) is 0 Å². The second-order valence-corrected chi connectivity index (χ2v) is 5.98. The van der Waals surface area contributed by atoms with Gasteiger partial charge >= 0.3 is 0 Å². The van der Waals surface area contributed by atoms with Crippen LogP contribution in [0.5, 0.6) is 0 Å². The van der Waals surface area contributed by atoms with Crippen molar-refractivity contribution in [1.29, 1.82) is 0 Å². The van der Waals surface area contributed by atoms with Crippen molar-refractivity contribution < 1.29 is 4.74 Å². The number of nitrogens with zero attached hydrogens (tertiary/aromatic N) is 1. The number of benzene rings is 1. The van der Waals surface area contributed by atoms with Crippen LogP contribution in [0.4, 0.5) is 5.69 Å². The number of nitrogens with one attached hydrogen (secondary N) is 1. The Bertz CT molecular complexity index is 485. The molecule has 0 spiro atoms. The van der Waals surface area contributed by atoms with Crippen molar-refractivity contribution in [2.24, 2.45) is 0 Å². The van der Waals surface area contributed by atoms with Gasteiger partial charge in [-0.1, -0.05) is 19.9 Å². The molecule has 2 aliphatic heterocycles. The van der Waals surface area contributed by atoms with Gasteiger partial charge in [0, 0.05) is 25.9 Å². The van der Waals surface area contributed by atoms with Crippen molar-refractivity contribution in [2.75, 3.05) is 44.8 Å². The fourth-order valence-electron chi connectivity index (χ4n) is 3.75. The van der Waals surface area contributed by atoms with Gasteiger partial charge in [-0.2, -0.15) is 0 Å². The molecular formula is C19H32N2O. The quantitative estimate of drug-likeness (QED) is 0.928. The Labute approximate surface area is 136 Å². The second kappa shape index (κ2) is 8.54. The van der Waals surface area contributed by atoms with E-state index >= 15 is 0 Å². The first kappa shape index (κ1) is 17.3. The number of rotatable bonds is 3. The van der Waals surface area contributed by atoms with Crippen molar-refractivity contribution in [3.8, 4) is 0 Å². The maximum Gasteiger partial charge on any atom is 0.0637 e. The molecule has 3 rings (SSSR count). The van der Waals surface area contributed by atoms with Gasteiger partial charge in [0.1, 0.15) is 0 Å². The summed E-state index contributed by atoms with van der Waals surface area (Å²) in [5.41, 5.74) is 7.77. The third-order valence-corrected chi connectivity index (χ3v) is 4.73. The maximum atomic E-state index is 5.28. The standard InChI is InChI=1S/C17H26N2O.C2H6/c1-13-16-6-8-18-7-5-14(16)12-15-4-3-9-19(17(13)15)10-11-20-2;1-2/h12,18H,3-11H2,1-2H3;1-2H3. The molecule has 0 saturated heterocycles. The van der Waals surface area contributed by atoms with E-state index in [1.807, 2.05) is 13.8 Å². The van der Waals surface area contributed by atoms with Crippen LogP contribution < -0.4 is 10.2 Å². The zero-order chi connectivity index (χ0) is 15.9. The average molecular weight is 304 g/mol. The Hall–Kier alpha value is -1.06. The minimum atomic E-state index is 0.817. The molecule has 0 atom stereocenters. The lowest BCUT2D eigenvalue weighted by atomic mass is 9.89. The van der Waals surface area contributed by atoms with Crippen LogP contribution in [0.1, 0.15) is 42.5 Å². The van der Waals surface area contributed by atoms with E-state index in [1.54, 1.807) is 23.8 Å². The van der Waals surface area contributed by atoms with Crippen LogP contribution >= 0.6 is 0 Å². The summed E-state index contributed by atoms with van der Waals surface area (Å²) in [4.78, 5) is 2.54.